The molecule has 1 amide bonds. The Morgan fingerprint density at radius 3 is 1.74 bits per heavy atom. The maximum Gasteiger partial charge on any atom is 0.411 e. The number of hydrogen-bond donors (Lipinski definition) is 0. The minimum atomic E-state index is -3.15. The number of amides is 1. The van der Waals surface area contributed by atoms with Crippen LogP contribution in [0.15, 0.2) is 103 Å². The molecule has 0 N–H and O–H groups in total. The molecule has 0 saturated carbocycles. The molecule has 1 fully saturated rings. The highest BCUT2D eigenvalue weighted by atomic mass is 28.4. The molecule has 0 spiro atoms. The van der Waals surface area contributed by atoms with E-state index in [0.29, 0.717) is 0 Å². The first-order valence-electron chi connectivity index (χ1n) is 14.3. The number of benzene rings is 3. The van der Waals surface area contributed by atoms with Crippen LogP contribution < -0.4 is 10.4 Å². The van der Waals surface area contributed by atoms with Crippen LogP contribution in [-0.4, -0.2) is 56.2 Å². The van der Waals surface area contributed by atoms with Crippen molar-refractivity contribution in [1.82, 2.24) is 4.90 Å². The second kappa shape index (κ2) is 12.8. The van der Waals surface area contributed by atoms with Crippen molar-refractivity contribution >= 4 is 30.8 Å². The number of likely N-dealkylation sites (tertiary alicyclic amines) is 1. The molecular formula is C34H39F2NO5Si. The standard InChI is InChI=1S/C34H39F2NO5Si/c1-33(2,3)42-32(39)37-22-28(41-31(38)24-16-10-7-11-17-24)29(30(35)36)27(37)23-40-43(34(4,5)6,25-18-12-8-13-19-25)26-20-14-9-15-21-26/h7-21,27-28H,22-23H2,1-6H3/t27-,28+/m1/s1. The number of halogens is 2. The van der Waals surface area contributed by atoms with Gasteiger partial charge in [0, 0.05) is 0 Å². The van der Waals surface area contributed by atoms with Gasteiger partial charge in [0.15, 0.2) is 0 Å². The van der Waals surface area contributed by atoms with Crippen molar-refractivity contribution in [2.75, 3.05) is 13.2 Å². The molecule has 228 valence electrons. The van der Waals surface area contributed by atoms with Crippen LogP contribution in [0.1, 0.15) is 51.9 Å². The van der Waals surface area contributed by atoms with Gasteiger partial charge in [0.2, 0.25) is 0 Å². The van der Waals surface area contributed by atoms with Crippen molar-refractivity contribution in [2.24, 2.45) is 0 Å². The maximum atomic E-state index is 14.8. The van der Waals surface area contributed by atoms with Crippen LogP contribution in [-0.2, 0) is 13.9 Å². The lowest BCUT2D eigenvalue weighted by molar-refractivity contribution is 0.0135. The van der Waals surface area contributed by atoms with Gasteiger partial charge in [-0.15, -0.1) is 0 Å². The van der Waals surface area contributed by atoms with E-state index in [9.17, 15) is 18.4 Å². The van der Waals surface area contributed by atoms with E-state index in [4.69, 9.17) is 13.9 Å². The Hall–Kier alpha value is -3.82. The normalized spacial score (nSPS) is 17.5. The Morgan fingerprint density at radius 1 is 0.814 bits per heavy atom. The molecule has 0 aromatic heterocycles. The Labute approximate surface area is 253 Å². The summed E-state index contributed by atoms with van der Waals surface area (Å²) < 4.78 is 47.9. The largest absolute Gasteiger partial charge is 0.452 e. The van der Waals surface area contributed by atoms with E-state index < -0.39 is 54.8 Å². The Morgan fingerprint density at radius 2 is 1.30 bits per heavy atom. The molecule has 0 aliphatic carbocycles. The van der Waals surface area contributed by atoms with Gasteiger partial charge in [-0.3, -0.25) is 4.90 Å². The highest BCUT2D eigenvalue weighted by molar-refractivity contribution is 6.99. The van der Waals surface area contributed by atoms with Gasteiger partial charge >= 0.3 is 12.1 Å². The van der Waals surface area contributed by atoms with Crippen LogP contribution in [0.4, 0.5) is 13.6 Å². The van der Waals surface area contributed by atoms with Gasteiger partial charge in [0.25, 0.3) is 14.4 Å². The van der Waals surface area contributed by atoms with Crippen molar-refractivity contribution in [3.63, 3.8) is 0 Å². The molecule has 9 heteroatoms. The van der Waals surface area contributed by atoms with Crippen molar-refractivity contribution in [3.05, 3.63) is 108 Å². The second-order valence-electron chi connectivity index (χ2n) is 12.6. The Kier molecular flexibility index (Phi) is 9.56. The monoisotopic (exact) mass is 607 g/mol. The summed E-state index contributed by atoms with van der Waals surface area (Å²) in [6.07, 6.45) is -4.19. The fourth-order valence-corrected chi connectivity index (χ4v) is 10.1. The van der Waals surface area contributed by atoms with Crippen LogP contribution >= 0.6 is 0 Å². The molecule has 6 nitrogen and oxygen atoms in total. The highest BCUT2D eigenvalue weighted by Gasteiger charge is 2.53. The summed E-state index contributed by atoms with van der Waals surface area (Å²) in [5.41, 5.74) is -1.12. The van der Waals surface area contributed by atoms with E-state index in [1.807, 2.05) is 60.7 Å². The fourth-order valence-electron chi connectivity index (χ4n) is 5.57. The number of ether oxygens (including phenoxy) is 2. The maximum absolute atomic E-state index is 14.8. The summed E-state index contributed by atoms with van der Waals surface area (Å²) in [6.45, 7) is 10.8. The summed E-state index contributed by atoms with van der Waals surface area (Å²) in [4.78, 5) is 27.6. The van der Waals surface area contributed by atoms with Crippen LogP contribution in [0.5, 0.6) is 0 Å². The first-order chi connectivity index (χ1) is 20.2. The summed E-state index contributed by atoms with van der Waals surface area (Å²) >= 11 is 0. The molecule has 1 aliphatic rings. The molecule has 3 aromatic rings. The number of carbonyl (C=O) groups excluding carboxylic acids is 2. The average Bonchev–Trinajstić information content (AvgIpc) is 3.32. The average molecular weight is 608 g/mol. The minimum Gasteiger partial charge on any atom is -0.452 e. The van der Waals surface area contributed by atoms with Gasteiger partial charge in [-0.2, -0.15) is 8.78 Å². The summed E-state index contributed by atoms with van der Waals surface area (Å²) in [5.74, 6) is -0.762. The Balaban J connectivity index is 1.78. The number of esters is 1. The van der Waals surface area contributed by atoms with Crippen LogP contribution in [0, 0.1) is 0 Å². The lowest BCUT2D eigenvalue weighted by Crippen LogP contribution is -2.67. The fraction of sp³-hybridized carbons (Fsp3) is 0.353. The summed E-state index contributed by atoms with van der Waals surface area (Å²) in [6, 6.07) is 26.5. The van der Waals surface area contributed by atoms with E-state index in [1.54, 1.807) is 51.1 Å². The van der Waals surface area contributed by atoms with Crippen molar-refractivity contribution in [1.29, 1.82) is 0 Å². The van der Waals surface area contributed by atoms with Gasteiger partial charge in [-0.1, -0.05) is 99.6 Å². The predicted molar refractivity (Wildman–Crippen MR) is 165 cm³/mol. The number of rotatable bonds is 7. The lowest BCUT2D eigenvalue weighted by Gasteiger charge is -2.44. The topological polar surface area (TPSA) is 65.1 Å². The highest BCUT2D eigenvalue weighted by Crippen LogP contribution is 2.39. The molecule has 3 aromatic carbocycles. The smallest absolute Gasteiger partial charge is 0.411 e. The number of nitrogens with zero attached hydrogens (tertiary/aromatic N) is 1. The molecule has 0 unspecified atom stereocenters. The number of carbonyl (C=O) groups is 2. The van der Waals surface area contributed by atoms with Crippen molar-refractivity contribution in [3.8, 4) is 0 Å². The van der Waals surface area contributed by atoms with Crippen molar-refractivity contribution < 1.29 is 32.3 Å². The molecule has 4 rings (SSSR count). The van der Waals surface area contributed by atoms with E-state index in [-0.39, 0.29) is 18.7 Å². The van der Waals surface area contributed by atoms with Gasteiger partial charge < -0.3 is 13.9 Å². The van der Waals surface area contributed by atoms with Crippen LogP contribution in [0.25, 0.3) is 0 Å². The molecular weight excluding hydrogens is 568 g/mol. The molecule has 1 saturated heterocycles. The van der Waals surface area contributed by atoms with Gasteiger partial charge in [-0.25, -0.2) is 9.59 Å². The zero-order valence-corrected chi connectivity index (χ0v) is 26.5. The molecule has 0 radical (unpaired) electrons. The van der Waals surface area contributed by atoms with Gasteiger partial charge in [0.05, 0.1) is 30.3 Å². The van der Waals surface area contributed by atoms with Crippen LogP contribution in [0.2, 0.25) is 5.04 Å². The number of hydrogen-bond acceptors (Lipinski definition) is 5. The first kappa shape index (κ1) is 32.1. The zero-order chi connectivity index (χ0) is 31.4. The van der Waals surface area contributed by atoms with E-state index in [1.165, 1.54) is 4.90 Å². The van der Waals surface area contributed by atoms with Crippen molar-refractivity contribution in [2.45, 2.75) is 64.3 Å². The minimum absolute atomic E-state index is 0.219. The van der Waals surface area contributed by atoms with E-state index in [0.717, 1.165) is 10.4 Å². The van der Waals surface area contributed by atoms with Crippen LogP contribution in [0.3, 0.4) is 0 Å². The Bertz CT molecular complexity index is 1390. The summed E-state index contributed by atoms with van der Waals surface area (Å²) in [7, 11) is -3.15. The summed E-state index contributed by atoms with van der Waals surface area (Å²) in [5, 5.41) is 1.50. The van der Waals surface area contributed by atoms with Gasteiger partial charge in [0.1, 0.15) is 11.7 Å². The third-order valence-electron chi connectivity index (χ3n) is 7.42. The van der Waals surface area contributed by atoms with E-state index >= 15 is 0 Å². The third-order valence-corrected chi connectivity index (χ3v) is 12.4. The molecule has 0 bridgehead atoms. The quantitative estimate of drug-likeness (QED) is 0.225. The SMILES string of the molecule is CC(C)(C)OC(=O)N1C[C@H](OC(=O)c2ccccc2)C(=C(F)F)[C@H]1CO[Si](c1ccccc1)(c1ccccc1)C(C)(C)C. The van der Waals surface area contributed by atoms with Gasteiger partial charge in [-0.05, 0) is 48.3 Å². The molecule has 1 aliphatic heterocycles. The molecule has 1 heterocycles. The lowest BCUT2D eigenvalue weighted by atomic mass is 10.1. The zero-order valence-electron chi connectivity index (χ0n) is 25.5. The second-order valence-corrected chi connectivity index (χ2v) is 16.9. The molecule has 43 heavy (non-hydrogen) atoms. The first-order valence-corrected chi connectivity index (χ1v) is 16.2. The predicted octanol–water partition coefficient (Wildman–Crippen LogP) is 6.56. The molecule has 2 atom stereocenters. The van der Waals surface area contributed by atoms with E-state index in [2.05, 4.69) is 20.8 Å². The third kappa shape index (κ3) is 7.05.